The van der Waals surface area contributed by atoms with Crippen LogP contribution >= 0.6 is 35.0 Å². The van der Waals surface area contributed by atoms with Crippen molar-refractivity contribution in [3.63, 3.8) is 0 Å². The number of rotatable bonds is 3. The zero-order valence-corrected chi connectivity index (χ0v) is 11.2. The van der Waals surface area contributed by atoms with Crippen LogP contribution in [0.3, 0.4) is 0 Å². The second-order valence-electron chi connectivity index (χ2n) is 4.06. The molecule has 1 aromatic carbocycles. The molecule has 1 fully saturated rings. The second kappa shape index (κ2) is 5.63. The molecule has 2 atom stereocenters. The molecule has 1 N–H and O–H groups in total. The molecule has 1 aromatic rings. The third kappa shape index (κ3) is 3.07. The van der Waals surface area contributed by atoms with Gasteiger partial charge in [-0.15, -0.1) is 0 Å². The van der Waals surface area contributed by atoms with Crippen LogP contribution in [-0.2, 0) is 6.42 Å². The Morgan fingerprint density at radius 1 is 1.44 bits per heavy atom. The maximum atomic E-state index is 10.1. The Balaban J connectivity index is 2.04. The topological polar surface area (TPSA) is 20.2 Å². The van der Waals surface area contributed by atoms with Crippen LogP contribution in [0.5, 0.6) is 0 Å². The first kappa shape index (κ1) is 12.6. The summed E-state index contributed by atoms with van der Waals surface area (Å²) in [4.78, 5) is 0. The Morgan fingerprint density at radius 3 is 2.94 bits per heavy atom. The largest absolute Gasteiger partial charge is 0.392 e. The molecule has 0 aromatic heterocycles. The molecule has 2 rings (SSSR count). The van der Waals surface area contributed by atoms with Crippen LogP contribution < -0.4 is 0 Å². The van der Waals surface area contributed by atoms with Crippen molar-refractivity contribution in [3.8, 4) is 0 Å². The molecule has 0 aliphatic carbocycles. The molecule has 1 heterocycles. The minimum absolute atomic E-state index is 0.316. The molecule has 0 radical (unpaired) electrons. The summed E-state index contributed by atoms with van der Waals surface area (Å²) in [5, 5.41) is 11.8. The lowest BCUT2D eigenvalue weighted by atomic mass is 10.0. The van der Waals surface area contributed by atoms with Gasteiger partial charge in [0.25, 0.3) is 0 Å². The van der Waals surface area contributed by atoms with E-state index in [9.17, 15) is 5.11 Å². The molecule has 1 saturated heterocycles. The number of hydrogen-bond acceptors (Lipinski definition) is 2. The highest BCUT2D eigenvalue weighted by Gasteiger charge is 2.24. The lowest BCUT2D eigenvalue weighted by Gasteiger charge is -2.17. The number of thioether (sulfide) groups is 1. The Kier molecular flexibility index (Phi) is 4.42. The summed E-state index contributed by atoms with van der Waals surface area (Å²) in [5.41, 5.74) is 0.939. The molecule has 16 heavy (non-hydrogen) atoms. The monoisotopic (exact) mass is 276 g/mol. The first-order valence-electron chi connectivity index (χ1n) is 5.40. The van der Waals surface area contributed by atoms with Gasteiger partial charge in [0.2, 0.25) is 0 Å². The van der Waals surface area contributed by atoms with Crippen LogP contribution in [0.4, 0.5) is 0 Å². The quantitative estimate of drug-likeness (QED) is 0.907. The molecule has 0 saturated carbocycles. The molecular weight excluding hydrogens is 263 g/mol. The van der Waals surface area contributed by atoms with Crippen LogP contribution in [0.1, 0.15) is 18.4 Å². The number of hydrogen-bond donors (Lipinski definition) is 1. The highest BCUT2D eigenvalue weighted by atomic mass is 35.5. The number of aliphatic hydroxyl groups is 1. The molecule has 88 valence electrons. The van der Waals surface area contributed by atoms with E-state index in [0.717, 1.165) is 17.7 Å². The molecule has 0 bridgehead atoms. The third-order valence-electron chi connectivity index (χ3n) is 2.83. The summed E-state index contributed by atoms with van der Waals surface area (Å²) in [7, 11) is 0. The van der Waals surface area contributed by atoms with Gasteiger partial charge in [-0.3, -0.25) is 0 Å². The van der Waals surface area contributed by atoms with Gasteiger partial charge in [0.15, 0.2) is 0 Å². The summed E-state index contributed by atoms with van der Waals surface area (Å²) in [6.07, 6.45) is 2.58. The molecular formula is C12H14Cl2OS. The Labute approximate surface area is 110 Å². The van der Waals surface area contributed by atoms with E-state index in [1.165, 1.54) is 6.42 Å². The highest BCUT2D eigenvalue weighted by Crippen LogP contribution is 2.31. The Bertz CT molecular complexity index is 364. The second-order valence-corrected chi connectivity index (χ2v) is 6.25. The molecule has 1 aliphatic heterocycles. The van der Waals surface area contributed by atoms with E-state index in [4.69, 9.17) is 23.2 Å². The molecule has 0 amide bonds. The molecule has 1 aliphatic rings. The average Bonchev–Trinajstić information content (AvgIpc) is 2.76. The molecule has 2 unspecified atom stereocenters. The van der Waals surface area contributed by atoms with Crippen molar-refractivity contribution < 1.29 is 5.11 Å². The minimum Gasteiger partial charge on any atom is -0.392 e. The molecule has 0 spiro atoms. The number of halogens is 2. The van der Waals surface area contributed by atoms with E-state index in [-0.39, 0.29) is 6.10 Å². The zero-order valence-electron chi connectivity index (χ0n) is 8.83. The maximum absolute atomic E-state index is 10.1. The predicted octanol–water partition coefficient (Wildman–Crippen LogP) is 3.79. The molecule has 4 heteroatoms. The van der Waals surface area contributed by atoms with Crippen LogP contribution in [-0.4, -0.2) is 22.2 Å². The van der Waals surface area contributed by atoms with Crippen molar-refractivity contribution in [1.29, 1.82) is 0 Å². The van der Waals surface area contributed by atoms with E-state index < -0.39 is 0 Å². The summed E-state index contributed by atoms with van der Waals surface area (Å²) in [6.45, 7) is 0. The van der Waals surface area contributed by atoms with Crippen molar-refractivity contribution in [1.82, 2.24) is 0 Å². The number of benzene rings is 1. The van der Waals surface area contributed by atoms with Gasteiger partial charge in [-0.05, 0) is 42.4 Å². The third-order valence-corrected chi connectivity index (χ3v) is 4.94. The highest BCUT2D eigenvalue weighted by molar-refractivity contribution is 8.00. The maximum Gasteiger partial charge on any atom is 0.0699 e. The lowest BCUT2D eigenvalue weighted by Crippen LogP contribution is -2.23. The summed E-state index contributed by atoms with van der Waals surface area (Å²) >= 11 is 13.8. The minimum atomic E-state index is -0.316. The fourth-order valence-electron chi connectivity index (χ4n) is 1.96. The summed E-state index contributed by atoms with van der Waals surface area (Å²) in [6, 6.07) is 5.39. The van der Waals surface area contributed by atoms with Gasteiger partial charge >= 0.3 is 0 Å². The van der Waals surface area contributed by atoms with Gasteiger partial charge in [0, 0.05) is 21.7 Å². The zero-order chi connectivity index (χ0) is 11.5. The number of aliphatic hydroxyl groups excluding tert-OH is 1. The van der Waals surface area contributed by atoms with E-state index in [2.05, 4.69) is 0 Å². The van der Waals surface area contributed by atoms with Gasteiger partial charge in [0.1, 0.15) is 0 Å². The lowest BCUT2D eigenvalue weighted by molar-refractivity contribution is 0.170. The van der Waals surface area contributed by atoms with E-state index in [1.807, 2.05) is 17.8 Å². The summed E-state index contributed by atoms with van der Waals surface area (Å²) in [5.74, 6) is 1.16. The SMILES string of the molecule is OC(Cc1cc(Cl)ccc1Cl)C1CCCS1. The first-order valence-corrected chi connectivity index (χ1v) is 7.21. The van der Waals surface area contributed by atoms with Crippen molar-refractivity contribution in [3.05, 3.63) is 33.8 Å². The van der Waals surface area contributed by atoms with Crippen molar-refractivity contribution in [2.24, 2.45) is 0 Å². The van der Waals surface area contributed by atoms with Gasteiger partial charge in [-0.1, -0.05) is 23.2 Å². The van der Waals surface area contributed by atoms with Crippen LogP contribution in [0.2, 0.25) is 10.0 Å². The first-order chi connectivity index (χ1) is 7.66. The normalized spacial score (nSPS) is 22.3. The Morgan fingerprint density at radius 2 is 2.25 bits per heavy atom. The fourth-order valence-corrected chi connectivity index (χ4v) is 3.64. The fraction of sp³-hybridized carbons (Fsp3) is 0.500. The van der Waals surface area contributed by atoms with E-state index in [1.54, 1.807) is 12.1 Å². The predicted molar refractivity (Wildman–Crippen MR) is 71.7 cm³/mol. The van der Waals surface area contributed by atoms with Crippen molar-refractivity contribution in [2.75, 3.05) is 5.75 Å². The van der Waals surface area contributed by atoms with Crippen LogP contribution in [0, 0.1) is 0 Å². The van der Waals surface area contributed by atoms with E-state index >= 15 is 0 Å². The van der Waals surface area contributed by atoms with Gasteiger partial charge in [-0.25, -0.2) is 0 Å². The van der Waals surface area contributed by atoms with Gasteiger partial charge < -0.3 is 5.11 Å². The Hall–Kier alpha value is 0.110. The van der Waals surface area contributed by atoms with Crippen LogP contribution in [0.15, 0.2) is 18.2 Å². The molecule has 1 nitrogen and oxygen atoms in total. The van der Waals surface area contributed by atoms with Gasteiger partial charge in [0.05, 0.1) is 6.10 Å². The average molecular weight is 277 g/mol. The van der Waals surface area contributed by atoms with Crippen molar-refractivity contribution in [2.45, 2.75) is 30.6 Å². The standard InChI is InChI=1S/C12H14Cl2OS/c13-9-3-4-10(14)8(6-9)7-11(15)12-2-1-5-16-12/h3-4,6,11-12,15H,1-2,5,7H2. The van der Waals surface area contributed by atoms with Crippen molar-refractivity contribution >= 4 is 35.0 Å². The summed E-state index contributed by atoms with van der Waals surface area (Å²) < 4.78 is 0. The van der Waals surface area contributed by atoms with Crippen LogP contribution in [0.25, 0.3) is 0 Å². The van der Waals surface area contributed by atoms with E-state index in [0.29, 0.717) is 21.7 Å². The smallest absolute Gasteiger partial charge is 0.0699 e. The van der Waals surface area contributed by atoms with Gasteiger partial charge in [-0.2, -0.15) is 11.8 Å².